The maximum atomic E-state index is 11.1. The molecule has 9 heteroatoms. The van der Waals surface area contributed by atoms with Crippen LogP contribution in [-0.4, -0.2) is 31.8 Å². The lowest BCUT2D eigenvalue weighted by molar-refractivity contribution is -0.131. The first-order chi connectivity index (χ1) is 8.73. The highest BCUT2D eigenvalue weighted by Gasteiger charge is 2.15. The summed E-state index contributed by atoms with van der Waals surface area (Å²) in [5.74, 6) is -1.38. The van der Waals surface area contributed by atoms with Crippen molar-refractivity contribution in [3.05, 3.63) is 23.8 Å². The molecular formula is C10H9Cl2NO5S. The Morgan fingerprint density at radius 1 is 1.37 bits per heavy atom. The molecule has 0 unspecified atom stereocenters. The van der Waals surface area contributed by atoms with E-state index in [4.69, 9.17) is 27.9 Å². The number of benzene rings is 1. The van der Waals surface area contributed by atoms with Crippen molar-refractivity contribution >= 4 is 50.1 Å². The summed E-state index contributed by atoms with van der Waals surface area (Å²) >= 11 is 10.6. The number of carbonyl (C=O) groups is 2. The van der Waals surface area contributed by atoms with E-state index >= 15 is 0 Å². The van der Waals surface area contributed by atoms with E-state index in [-0.39, 0.29) is 17.0 Å². The maximum absolute atomic E-state index is 11.1. The van der Waals surface area contributed by atoms with Gasteiger partial charge in [-0.05, 0) is 23.7 Å². The van der Waals surface area contributed by atoms with E-state index < -0.39 is 27.1 Å². The van der Waals surface area contributed by atoms with E-state index in [2.05, 4.69) is 4.72 Å². The Morgan fingerprint density at radius 3 is 2.47 bits per heavy atom. The summed E-state index contributed by atoms with van der Waals surface area (Å²) in [6.45, 7) is 0. The van der Waals surface area contributed by atoms with Gasteiger partial charge in [0.1, 0.15) is 11.6 Å². The fraction of sp³-hybridized carbons (Fsp3) is 0.200. The molecular weight excluding hydrogens is 317 g/mol. The zero-order chi connectivity index (χ0) is 14.6. The molecule has 0 bridgehead atoms. The summed E-state index contributed by atoms with van der Waals surface area (Å²) in [5, 5.41) is -0.844. The van der Waals surface area contributed by atoms with Crippen LogP contribution in [0.5, 0.6) is 5.75 Å². The monoisotopic (exact) mass is 325 g/mol. The highest BCUT2D eigenvalue weighted by atomic mass is 35.5. The van der Waals surface area contributed by atoms with Gasteiger partial charge in [-0.15, -0.1) is 11.6 Å². The second-order valence-corrected chi connectivity index (χ2v) is 5.83. The molecule has 0 atom stereocenters. The Labute approximate surface area is 119 Å². The Morgan fingerprint density at radius 2 is 2.00 bits per heavy atom. The molecule has 0 radical (unpaired) electrons. The molecule has 6 nitrogen and oxygen atoms in total. The van der Waals surface area contributed by atoms with Gasteiger partial charge in [0.2, 0.25) is 10.0 Å². The van der Waals surface area contributed by atoms with Gasteiger partial charge in [-0.2, -0.15) is 0 Å². The van der Waals surface area contributed by atoms with Crippen LogP contribution in [0.25, 0.3) is 0 Å². The van der Waals surface area contributed by atoms with Crippen LogP contribution in [0.3, 0.4) is 0 Å². The van der Waals surface area contributed by atoms with Gasteiger partial charge in [-0.25, -0.2) is 8.42 Å². The molecule has 1 rings (SSSR count). The number of rotatable bonds is 5. The van der Waals surface area contributed by atoms with Crippen molar-refractivity contribution in [3.63, 3.8) is 0 Å². The third-order valence-corrected chi connectivity index (χ3v) is 2.86. The van der Waals surface area contributed by atoms with Gasteiger partial charge < -0.3 is 4.74 Å². The van der Waals surface area contributed by atoms with Crippen molar-refractivity contribution in [2.24, 2.45) is 0 Å². The fourth-order valence-corrected chi connectivity index (χ4v) is 1.96. The highest BCUT2D eigenvalue weighted by molar-refractivity contribution is 7.92. The average molecular weight is 326 g/mol. The van der Waals surface area contributed by atoms with Gasteiger partial charge in [0.15, 0.2) is 0 Å². The summed E-state index contributed by atoms with van der Waals surface area (Å²) in [6, 6.07) is 3.72. The van der Waals surface area contributed by atoms with E-state index in [1.807, 2.05) is 0 Å². The Balaban J connectivity index is 3.18. The van der Waals surface area contributed by atoms with E-state index in [1.165, 1.54) is 18.2 Å². The summed E-state index contributed by atoms with van der Waals surface area (Å²) < 4.78 is 29.1. The van der Waals surface area contributed by atoms with E-state index in [9.17, 15) is 18.0 Å². The van der Waals surface area contributed by atoms with E-state index in [0.717, 1.165) is 6.26 Å². The second-order valence-electron chi connectivity index (χ2n) is 3.47. The van der Waals surface area contributed by atoms with Gasteiger partial charge in [0, 0.05) is 6.07 Å². The smallest absolute Gasteiger partial charge is 0.326 e. The van der Waals surface area contributed by atoms with Crippen LogP contribution in [0.1, 0.15) is 10.4 Å². The molecule has 0 aliphatic rings. The number of sulfonamides is 1. The van der Waals surface area contributed by atoms with Crippen LogP contribution in [0.4, 0.5) is 5.69 Å². The number of ether oxygens (including phenoxy) is 1. The van der Waals surface area contributed by atoms with Gasteiger partial charge >= 0.3 is 5.97 Å². The van der Waals surface area contributed by atoms with Gasteiger partial charge in [0.25, 0.3) is 5.24 Å². The lowest BCUT2D eigenvalue weighted by Gasteiger charge is -2.09. The Bertz CT molecular complexity index is 614. The maximum Gasteiger partial charge on any atom is 0.326 e. The Hall–Kier alpha value is -1.31. The van der Waals surface area contributed by atoms with Crippen LogP contribution in [0, 0.1) is 0 Å². The topological polar surface area (TPSA) is 89.5 Å². The summed E-state index contributed by atoms with van der Waals surface area (Å²) in [6.07, 6.45) is 0.956. The number of hydrogen-bond acceptors (Lipinski definition) is 5. The van der Waals surface area contributed by atoms with Crippen LogP contribution in [-0.2, 0) is 14.8 Å². The van der Waals surface area contributed by atoms with Crippen LogP contribution < -0.4 is 9.46 Å². The number of halogens is 2. The summed E-state index contributed by atoms with van der Waals surface area (Å²) in [4.78, 5) is 22.2. The first-order valence-electron chi connectivity index (χ1n) is 4.81. The predicted molar refractivity (Wildman–Crippen MR) is 71.4 cm³/mol. The molecule has 0 amide bonds. The molecule has 0 aromatic heterocycles. The summed E-state index contributed by atoms with van der Waals surface area (Å²) in [5.41, 5.74) is 0.0562. The molecule has 1 aromatic carbocycles. The number of nitrogens with one attached hydrogen (secondary N) is 1. The van der Waals surface area contributed by atoms with E-state index in [0.29, 0.717) is 0 Å². The number of anilines is 1. The molecule has 1 aromatic rings. The van der Waals surface area contributed by atoms with Crippen molar-refractivity contribution in [1.82, 2.24) is 0 Å². The molecule has 0 heterocycles. The number of esters is 1. The minimum atomic E-state index is -3.50. The molecule has 0 fully saturated rings. The van der Waals surface area contributed by atoms with E-state index in [1.54, 1.807) is 0 Å². The first kappa shape index (κ1) is 15.7. The number of alkyl halides is 1. The Kier molecular flexibility index (Phi) is 5.16. The number of carbonyl (C=O) groups excluding carboxylic acids is 2. The van der Waals surface area contributed by atoms with Crippen LogP contribution in [0.15, 0.2) is 18.2 Å². The van der Waals surface area contributed by atoms with Gasteiger partial charge in [0.05, 0.1) is 17.5 Å². The average Bonchev–Trinajstić information content (AvgIpc) is 2.26. The van der Waals surface area contributed by atoms with Crippen LogP contribution in [0.2, 0.25) is 0 Å². The normalized spacial score (nSPS) is 10.9. The third kappa shape index (κ3) is 5.06. The lowest BCUT2D eigenvalue weighted by Crippen LogP contribution is -2.13. The minimum absolute atomic E-state index is 0.0702. The summed E-state index contributed by atoms with van der Waals surface area (Å²) in [7, 11) is -3.50. The largest absolute Gasteiger partial charge is 0.425 e. The molecule has 19 heavy (non-hydrogen) atoms. The van der Waals surface area contributed by atoms with Crippen molar-refractivity contribution in [2.75, 3.05) is 16.9 Å². The quantitative estimate of drug-likeness (QED) is 0.384. The predicted octanol–water partition coefficient (Wildman–Crippen LogP) is 1.58. The SMILES string of the molecule is CS(=O)(=O)Nc1ccc(C(=O)Cl)c(OC(=O)CCl)c1. The fourth-order valence-electron chi connectivity index (χ4n) is 1.20. The van der Waals surface area contributed by atoms with Crippen molar-refractivity contribution in [3.8, 4) is 5.75 Å². The molecule has 0 aliphatic heterocycles. The first-order valence-corrected chi connectivity index (χ1v) is 7.61. The highest BCUT2D eigenvalue weighted by Crippen LogP contribution is 2.25. The molecule has 0 spiro atoms. The van der Waals surface area contributed by atoms with Gasteiger partial charge in [-0.3, -0.25) is 14.3 Å². The van der Waals surface area contributed by atoms with Crippen molar-refractivity contribution in [2.45, 2.75) is 0 Å². The molecule has 1 N–H and O–H groups in total. The molecule has 0 aliphatic carbocycles. The minimum Gasteiger partial charge on any atom is -0.425 e. The second kappa shape index (κ2) is 6.23. The van der Waals surface area contributed by atoms with Crippen LogP contribution >= 0.6 is 23.2 Å². The lowest BCUT2D eigenvalue weighted by atomic mass is 10.2. The zero-order valence-electron chi connectivity index (χ0n) is 9.64. The van der Waals surface area contributed by atoms with Crippen molar-refractivity contribution < 1.29 is 22.7 Å². The molecule has 0 saturated heterocycles. The third-order valence-electron chi connectivity index (χ3n) is 1.83. The number of hydrogen-bond donors (Lipinski definition) is 1. The zero-order valence-corrected chi connectivity index (χ0v) is 12.0. The van der Waals surface area contributed by atoms with Gasteiger partial charge in [-0.1, -0.05) is 0 Å². The van der Waals surface area contributed by atoms with Crippen molar-refractivity contribution in [1.29, 1.82) is 0 Å². The molecule has 104 valence electrons. The molecule has 0 saturated carbocycles. The standard InChI is InChI=1S/C10H9Cl2NO5S/c1-19(16,17)13-6-2-3-7(10(12)15)8(4-6)18-9(14)5-11/h2-4,13H,5H2,1H3.